The molecular weight excluding hydrogens is 300 g/mol. The molecule has 0 atom stereocenters. The van der Waals surface area contributed by atoms with Gasteiger partial charge in [-0.15, -0.1) is 0 Å². The molecule has 3 rings (SSSR count). The lowest BCUT2D eigenvalue weighted by molar-refractivity contribution is -0.133. The molecule has 2 fully saturated rings. The third-order valence-corrected chi connectivity index (χ3v) is 5.21. The average molecular weight is 330 g/mol. The predicted molar refractivity (Wildman–Crippen MR) is 96.9 cm³/mol. The Bertz CT molecular complexity index is 505. The van der Waals surface area contributed by atoms with Gasteiger partial charge in [0.15, 0.2) is 0 Å². The van der Waals surface area contributed by atoms with Gasteiger partial charge in [-0.3, -0.25) is 9.69 Å². The monoisotopic (exact) mass is 330 g/mol. The van der Waals surface area contributed by atoms with Crippen LogP contribution in [0.1, 0.15) is 12.0 Å². The van der Waals surface area contributed by atoms with Crippen molar-refractivity contribution in [2.24, 2.45) is 0 Å². The number of hydrogen-bond acceptors (Lipinski definition) is 4. The van der Waals surface area contributed by atoms with Crippen molar-refractivity contribution in [3.8, 4) is 0 Å². The summed E-state index contributed by atoms with van der Waals surface area (Å²) in [6.07, 6.45) is 0.669. The summed E-state index contributed by atoms with van der Waals surface area (Å²) in [6.45, 7) is 10.1. The molecule has 0 spiro atoms. The van der Waals surface area contributed by atoms with E-state index in [0.29, 0.717) is 12.3 Å². The van der Waals surface area contributed by atoms with Crippen LogP contribution in [0.15, 0.2) is 30.3 Å². The molecule has 2 aliphatic heterocycles. The summed E-state index contributed by atoms with van der Waals surface area (Å²) in [5.74, 6) is 0.329. The van der Waals surface area contributed by atoms with E-state index in [1.54, 1.807) is 0 Å². The van der Waals surface area contributed by atoms with Crippen molar-refractivity contribution >= 4 is 5.91 Å². The minimum atomic E-state index is 0.329. The molecular formula is C19H30N4O. The van der Waals surface area contributed by atoms with E-state index in [1.807, 2.05) is 4.90 Å². The largest absolute Gasteiger partial charge is 0.340 e. The molecule has 0 saturated carbocycles. The van der Waals surface area contributed by atoms with E-state index < -0.39 is 0 Å². The van der Waals surface area contributed by atoms with E-state index in [0.717, 1.165) is 65.4 Å². The van der Waals surface area contributed by atoms with Crippen molar-refractivity contribution in [3.05, 3.63) is 35.9 Å². The molecule has 24 heavy (non-hydrogen) atoms. The summed E-state index contributed by atoms with van der Waals surface area (Å²) >= 11 is 0. The van der Waals surface area contributed by atoms with Gasteiger partial charge in [0.2, 0.25) is 5.91 Å². The van der Waals surface area contributed by atoms with E-state index in [4.69, 9.17) is 0 Å². The highest BCUT2D eigenvalue weighted by molar-refractivity contribution is 5.76. The lowest BCUT2D eigenvalue weighted by Crippen LogP contribution is -2.49. The molecule has 0 radical (unpaired) electrons. The van der Waals surface area contributed by atoms with Gasteiger partial charge in [-0.1, -0.05) is 30.3 Å². The second kappa shape index (κ2) is 8.60. The Labute approximate surface area is 145 Å². The van der Waals surface area contributed by atoms with Crippen LogP contribution < -0.4 is 0 Å². The van der Waals surface area contributed by atoms with Gasteiger partial charge in [-0.05, 0) is 12.6 Å². The molecule has 0 N–H and O–H groups in total. The third kappa shape index (κ3) is 5.03. The summed E-state index contributed by atoms with van der Waals surface area (Å²) in [4.78, 5) is 21.6. The van der Waals surface area contributed by atoms with E-state index in [9.17, 15) is 4.79 Å². The van der Waals surface area contributed by atoms with Crippen molar-refractivity contribution in [1.82, 2.24) is 19.6 Å². The van der Waals surface area contributed by atoms with Crippen LogP contribution in [0.2, 0.25) is 0 Å². The second-order valence-electron chi connectivity index (χ2n) is 7.04. The summed E-state index contributed by atoms with van der Waals surface area (Å²) in [7, 11) is 2.12. The van der Waals surface area contributed by atoms with Gasteiger partial charge < -0.3 is 14.7 Å². The van der Waals surface area contributed by atoms with Gasteiger partial charge in [-0.2, -0.15) is 0 Å². The fourth-order valence-electron chi connectivity index (χ4n) is 3.48. The topological polar surface area (TPSA) is 30.0 Å². The molecule has 2 saturated heterocycles. The molecule has 0 aromatic heterocycles. The number of amides is 1. The van der Waals surface area contributed by atoms with E-state index in [2.05, 4.69) is 52.1 Å². The van der Waals surface area contributed by atoms with Crippen LogP contribution in [0.5, 0.6) is 0 Å². The number of carbonyl (C=O) groups is 1. The average Bonchev–Trinajstić information content (AvgIpc) is 2.62. The fourth-order valence-corrected chi connectivity index (χ4v) is 3.48. The number of rotatable bonds is 5. The molecule has 2 heterocycles. The Morgan fingerprint density at radius 2 is 1.50 bits per heavy atom. The third-order valence-electron chi connectivity index (χ3n) is 5.21. The van der Waals surface area contributed by atoms with Gasteiger partial charge in [-0.25, -0.2) is 0 Å². The molecule has 5 nitrogen and oxygen atoms in total. The second-order valence-corrected chi connectivity index (χ2v) is 7.04. The predicted octanol–water partition coefficient (Wildman–Crippen LogP) is 0.968. The molecule has 2 aliphatic rings. The Kier molecular flexibility index (Phi) is 6.24. The Morgan fingerprint density at radius 1 is 0.875 bits per heavy atom. The van der Waals surface area contributed by atoms with Crippen molar-refractivity contribution in [1.29, 1.82) is 0 Å². The lowest BCUT2D eigenvalue weighted by atomic mass is 10.2. The maximum Gasteiger partial charge on any atom is 0.223 e. The van der Waals surface area contributed by atoms with Crippen LogP contribution in [0.25, 0.3) is 0 Å². The van der Waals surface area contributed by atoms with Crippen LogP contribution in [0.3, 0.4) is 0 Å². The minimum absolute atomic E-state index is 0.329. The van der Waals surface area contributed by atoms with Crippen molar-refractivity contribution in [2.45, 2.75) is 13.0 Å². The number of benzene rings is 1. The SMILES string of the molecule is CN1CCN(C(=O)CCN2CCN(Cc3ccccc3)CC2)CC1. The Balaban J connectivity index is 1.34. The molecule has 132 valence electrons. The smallest absolute Gasteiger partial charge is 0.223 e. The highest BCUT2D eigenvalue weighted by Gasteiger charge is 2.21. The maximum absolute atomic E-state index is 12.3. The summed E-state index contributed by atoms with van der Waals surface area (Å²) < 4.78 is 0. The molecule has 1 aromatic carbocycles. The first-order chi connectivity index (χ1) is 11.7. The van der Waals surface area contributed by atoms with Gasteiger partial charge in [0, 0.05) is 71.9 Å². The van der Waals surface area contributed by atoms with E-state index >= 15 is 0 Å². The first kappa shape index (κ1) is 17.4. The highest BCUT2D eigenvalue weighted by atomic mass is 16.2. The number of hydrogen-bond donors (Lipinski definition) is 0. The van der Waals surface area contributed by atoms with Crippen molar-refractivity contribution in [2.75, 3.05) is 66.0 Å². The number of piperazine rings is 2. The molecule has 1 aromatic rings. The standard InChI is InChI=1S/C19H30N4O/c1-20-9-15-23(16-10-20)19(24)7-8-21-11-13-22(14-12-21)17-18-5-3-2-4-6-18/h2-6H,7-17H2,1H3. The Hall–Kier alpha value is -1.43. The normalized spacial score (nSPS) is 21.1. The molecule has 0 bridgehead atoms. The summed E-state index contributed by atoms with van der Waals surface area (Å²) in [5.41, 5.74) is 1.39. The van der Waals surface area contributed by atoms with Crippen LogP contribution in [-0.4, -0.2) is 91.5 Å². The fraction of sp³-hybridized carbons (Fsp3) is 0.632. The highest BCUT2D eigenvalue weighted by Crippen LogP contribution is 2.09. The lowest BCUT2D eigenvalue weighted by Gasteiger charge is -2.36. The number of likely N-dealkylation sites (N-methyl/N-ethyl adjacent to an activating group) is 1. The minimum Gasteiger partial charge on any atom is -0.340 e. The number of nitrogens with zero attached hydrogens (tertiary/aromatic N) is 4. The zero-order valence-corrected chi connectivity index (χ0v) is 14.9. The van der Waals surface area contributed by atoms with Gasteiger partial charge in [0.25, 0.3) is 0 Å². The summed E-state index contributed by atoms with van der Waals surface area (Å²) in [5, 5.41) is 0. The maximum atomic E-state index is 12.3. The van der Waals surface area contributed by atoms with Crippen LogP contribution in [0, 0.1) is 0 Å². The summed E-state index contributed by atoms with van der Waals surface area (Å²) in [6, 6.07) is 10.7. The van der Waals surface area contributed by atoms with Gasteiger partial charge >= 0.3 is 0 Å². The van der Waals surface area contributed by atoms with Gasteiger partial charge in [0.1, 0.15) is 0 Å². The van der Waals surface area contributed by atoms with Crippen molar-refractivity contribution < 1.29 is 4.79 Å². The van der Waals surface area contributed by atoms with E-state index in [1.165, 1.54) is 5.56 Å². The zero-order valence-electron chi connectivity index (χ0n) is 14.9. The van der Waals surface area contributed by atoms with E-state index in [-0.39, 0.29) is 0 Å². The molecule has 0 aliphatic carbocycles. The zero-order chi connectivity index (χ0) is 16.8. The van der Waals surface area contributed by atoms with Gasteiger partial charge in [0.05, 0.1) is 0 Å². The molecule has 1 amide bonds. The first-order valence-corrected chi connectivity index (χ1v) is 9.16. The first-order valence-electron chi connectivity index (χ1n) is 9.16. The Morgan fingerprint density at radius 3 is 2.17 bits per heavy atom. The van der Waals surface area contributed by atoms with Crippen LogP contribution in [-0.2, 0) is 11.3 Å². The molecule has 5 heteroatoms. The molecule has 0 unspecified atom stereocenters. The van der Waals surface area contributed by atoms with Crippen LogP contribution in [0.4, 0.5) is 0 Å². The number of carbonyl (C=O) groups excluding carboxylic acids is 1. The van der Waals surface area contributed by atoms with Crippen LogP contribution >= 0.6 is 0 Å². The quantitative estimate of drug-likeness (QED) is 0.805. The van der Waals surface area contributed by atoms with Crippen molar-refractivity contribution in [3.63, 3.8) is 0 Å².